The first-order valence-corrected chi connectivity index (χ1v) is 8.13. The minimum absolute atomic E-state index is 0.0844. The smallest absolute Gasteiger partial charge is 0.228 e. The molecule has 3 rings (SSSR count). The Morgan fingerprint density at radius 3 is 2.61 bits per heavy atom. The molecular weight excluding hydrogens is 314 g/mol. The number of benzene rings is 1. The number of carbonyl (C=O) groups excluding carboxylic acids is 1. The van der Waals surface area contributed by atoms with Gasteiger partial charge in [0.05, 0.1) is 12.1 Å². The van der Waals surface area contributed by atoms with Gasteiger partial charge in [-0.2, -0.15) is 0 Å². The molecule has 1 N–H and O–H groups in total. The molecule has 6 heteroatoms. The topological polar surface area (TPSA) is 58.4 Å². The maximum absolute atomic E-state index is 12.4. The average Bonchev–Trinajstić information content (AvgIpc) is 2.95. The molecule has 0 spiro atoms. The molecule has 1 fully saturated rings. The summed E-state index contributed by atoms with van der Waals surface area (Å²) in [6.45, 7) is 5.63. The highest BCUT2D eigenvalue weighted by atomic mass is 35.5. The van der Waals surface area contributed by atoms with Gasteiger partial charge in [-0.1, -0.05) is 11.6 Å². The Labute approximate surface area is 140 Å². The second kappa shape index (κ2) is 6.72. The molecule has 1 aliphatic heterocycles. The highest BCUT2D eigenvalue weighted by molar-refractivity contribution is 6.30. The molecule has 1 saturated heterocycles. The third-order valence-electron chi connectivity index (χ3n) is 3.89. The SMILES string of the molecule is CC1CN(C(=O)Cc2coc(-c3ccc(Cl)cc3)n2)CC(C)N1. The highest BCUT2D eigenvalue weighted by Gasteiger charge is 2.25. The van der Waals surface area contributed by atoms with E-state index >= 15 is 0 Å². The molecule has 2 heterocycles. The van der Waals surface area contributed by atoms with Gasteiger partial charge in [0.15, 0.2) is 0 Å². The Bertz CT molecular complexity index is 673. The minimum atomic E-state index is 0.0844. The summed E-state index contributed by atoms with van der Waals surface area (Å²) in [7, 11) is 0. The second-order valence-corrected chi connectivity index (χ2v) is 6.53. The van der Waals surface area contributed by atoms with Crippen molar-refractivity contribution in [1.29, 1.82) is 0 Å². The number of hydrogen-bond acceptors (Lipinski definition) is 4. The van der Waals surface area contributed by atoms with Crippen LogP contribution in [0.1, 0.15) is 19.5 Å². The van der Waals surface area contributed by atoms with Crippen molar-refractivity contribution in [2.45, 2.75) is 32.4 Å². The van der Waals surface area contributed by atoms with E-state index in [1.165, 1.54) is 0 Å². The zero-order chi connectivity index (χ0) is 16.4. The van der Waals surface area contributed by atoms with Gasteiger partial charge in [-0.25, -0.2) is 4.98 Å². The summed E-state index contributed by atoms with van der Waals surface area (Å²) in [6, 6.07) is 7.89. The number of hydrogen-bond donors (Lipinski definition) is 1. The van der Waals surface area contributed by atoms with Crippen molar-refractivity contribution in [2.75, 3.05) is 13.1 Å². The van der Waals surface area contributed by atoms with Gasteiger partial charge in [0.1, 0.15) is 6.26 Å². The fraction of sp³-hybridized carbons (Fsp3) is 0.412. The number of aromatic nitrogens is 1. The van der Waals surface area contributed by atoms with E-state index in [1.54, 1.807) is 18.4 Å². The van der Waals surface area contributed by atoms with Crippen LogP contribution >= 0.6 is 11.6 Å². The predicted octanol–water partition coefficient (Wildman–Crippen LogP) is 2.75. The van der Waals surface area contributed by atoms with Crippen molar-refractivity contribution in [2.24, 2.45) is 0 Å². The fourth-order valence-electron chi connectivity index (χ4n) is 2.91. The molecule has 2 unspecified atom stereocenters. The molecule has 1 aromatic heterocycles. The molecule has 0 aliphatic carbocycles. The standard InChI is InChI=1S/C17H20ClN3O2/c1-11-8-21(9-12(2)19-11)16(22)7-15-10-23-17(20-15)13-3-5-14(18)6-4-13/h3-6,10-12,19H,7-9H2,1-2H3. The molecule has 1 aromatic carbocycles. The van der Waals surface area contributed by atoms with Crippen LogP contribution in [0.2, 0.25) is 5.02 Å². The Morgan fingerprint density at radius 2 is 1.96 bits per heavy atom. The van der Waals surface area contributed by atoms with Gasteiger partial charge in [-0.05, 0) is 38.1 Å². The summed E-state index contributed by atoms with van der Waals surface area (Å²) in [5.41, 5.74) is 1.50. The summed E-state index contributed by atoms with van der Waals surface area (Å²) in [5, 5.41) is 4.08. The van der Waals surface area contributed by atoms with Gasteiger partial charge in [0.2, 0.25) is 11.8 Å². The first-order chi connectivity index (χ1) is 11.0. The van der Waals surface area contributed by atoms with E-state index < -0.39 is 0 Å². The number of piperazine rings is 1. The zero-order valence-corrected chi connectivity index (χ0v) is 14.0. The summed E-state index contributed by atoms with van der Waals surface area (Å²) in [5.74, 6) is 0.590. The Morgan fingerprint density at radius 1 is 1.30 bits per heavy atom. The lowest BCUT2D eigenvalue weighted by molar-refractivity contribution is -0.132. The molecule has 0 radical (unpaired) electrons. The van der Waals surface area contributed by atoms with Gasteiger partial charge >= 0.3 is 0 Å². The summed E-state index contributed by atoms with van der Waals surface area (Å²) in [4.78, 5) is 18.7. The van der Waals surface area contributed by atoms with Crippen LogP contribution in [0, 0.1) is 0 Å². The van der Waals surface area contributed by atoms with Crippen molar-refractivity contribution in [1.82, 2.24) is 15.2 Å². The Hall–Kier alpha value is -1.85. The lowest BCUT2D eigenvalue weighted by Crippen LogP contribution is -2.56. The normalized spacial score (nSPS) is 21.4. The third kappa shape index (κ3) is 3.92. The molecule has 0 saturated carbocycles. The van der Waals surface area contributed by atoms with E-state index in [0.29, 0.717) is 28.7 Å². The van der Waals surface area contributed by atoms with Crippen LogP contribution in [0.15, 0.2) is 34.9 Å². The number of rotatable bonds is 3. The Kier molecular flexibility index (Phi) is 4.68. The summed E-state index contributed by atoms with van der Waals surface area (Å²) < 4.78 is 5.48. The molecule has 2 aromatic rings. The predicted molar refractivity (Wildman–Crippen MR) is 89.3 cm³/mol. The van der Waals surface area contributed by atoms with Crippen molar-refractivity contribution < 1.29 is 9.21 Å². The van der Waals surface area contributed by atoms with E-state index in [2.05, 4.69) is 24.1 Å². The molecule has 2 atom stereocenters. The lowest BCUT2D eigenvalue weighted by Gasteiger charge is -2.36. The number of carbonyl (C=O) groups is 1. The van der Waals surface area contributed by atoms with Crippen LogP contribution in [-0.2, 0) is 11.2 Å². The summed E-state index contributed by atoms with van der Waals surface area (Å²) >= 11 is 5.88. The number of halogens is 1. The largest absolute Gasteiger partial charge is 0.444 e. The van der Waals surface area contributed by atoms with E-state index in [0.717, 1.165) is 18.7 Å². The van der Waals surface area contributed by atoms with Crippen LogP contribution in [0.3, 0.4) is 0 Å². The number of oxazole rings is 1. The molecule has 1 amide bonds. The number of nitrogens with one attached hydrogen (secondary N) is 1. The van der Waals surface area contributed by atoms with E-state index in [-0.39, 0.29) is 12.3 Å². The van der Waals surface area contributed by atoms with Crippen molar-refractivity contribution in [3.05, 3.63) is 41.2 Å². The first kappa shape index (κ1) is 16.0. The van der Waals surface area contributed by atoms with Gasteiger partial charge in [0.25, 0.3) is 0 Å². The summed E-state index contributed by atoms with van der Waals surface area (Å²) in [6.07, 6.45) is 1.81. The minimum Gasteiger partial charge on any atom is -0.444 e. The maximum Gasteiger partial charge on any atom is 0.228 e. The van der Waals surface area contributed by atoms with Crippen LogP contribution in [0.25, 0.3) is 11.5 Å². The molecular formula is C17H20ClN3O2. The van der Waals surface area contributed by atoms with Gasteiger partial charge in [-0.3, -0.25) is 4.79 Å². The third-order valence-corrected chi connectivity index (χ3v) is 4.14. The second-order valence-electron chi connectivity index (χ2n) is 6.10. The van der Waals surface area contributed by atoms with E-state index in [1.807, 2.05) is 17.0 Å². The van der Waals surface area contributed by atoms with Gasteiger partial charge in [-0.15, -0.1) is 0 Å². The highest BCUT2D eigenvalue weighted by Crippen LogP contribution is 2.21. The first-order valence-electron chi connectivity index (χ1n) is 7.75. The molecule has 5 nitrogen and oxygen atoms in total. The quantitative estimate of drug-likeness (QED) is 0.938. The monoisotopic (exact) mass is 333 g/mol. The molecule has 1 aliphatic rings. The van der Waals surface area contributed by atoms with Crippen LogP contribution in [0.5, 0.6) is 0 Å². The van der Waals surface area contributed by atoms with E-state index in [9.17, 15) is 4.79 Å². The van der Waals surface area contributed by atoms with Crippen LogP contribution in [0.4, 0.5) is 0 Å². The lowest BCUT2D eigenvalue weighted by atomic mass is 10.1. The van der Waals surface area contributed by atoms with Gasteiger partial charge in [0, 0.05) is 35.8 Å². The average molecular weight is 334 g/mol. The molecule has 0 bridgehead atoms. The molecule has 122 valence electrons. The number of nitrogens with zero attached hydrogens (tertiary/aromatic N) is 2. The van der Waals surface area contributed by atoms with Crippen LogP contribution < -0.4 is 5.32 Å². The fourth-order valence-corrected chi connectivity index (χ4v) is 3.04. The van der Waals surface area contributed by atoms with Gasteiger partial charge < -0.3 is 14.6 Å². The van der Waals surface area contributed by atoms with Crippen molar-refractivity contribution >= 4 is 17.5 Å². The number of amides is 1. The Balaban J connectivity index is 1.66. The zero-order valence-electron chi connectivity index (χ0n) is 13.3. The maximum atomic E-state index is 12.4. The van der Waals surface area contributed by atoms with Crippen molar-refractivity contribution in [3.63, 3.8) is 0 Å². The van der Waals surface area contributed by atoms with E-state index in [4.69, 9.17) is 16.0 Å². The van der Waals surface area contributed by atoms with Crippen LogP contribution in [-0.4, -0.2) is 41.0 Å². The molecule has 23 heavy (non-hydrogen) atoms. The van der Waals surface area contributed by atoms with Crippen molar-refractivity contribution in [3.8, 4) is 11.5 Å².